The summed E-state index contributed by atoms with van der Waals surface area (Å²) in [4.78, 5) is 19.1. The average Bonchev–Trinajstić information content (AvgIpc) is 3.21. The Hall–Kier alpha value is -2.59. The second-order valence-corrected chi connectivity index (χ2v) is 10.6. The Morgan fingerprint density at radius 2 is 1.69 bits per heavy atom. The average molecular weight is 476 g/mol. The van der Waals surface area contributed by atoms with Crippen LogP contribution in [-0.2, 0) is 10.2 Å². The number of hydrogen-bond donors (Lipinski definition) is 2. The number of hydrogen-bond acceptors (Lipinski definition) is 2. The van der Waals surface area contributed by atoms with E-state index in [1.165, 1.54) is 46.2 Å². The summed E-state index contributed by atoms with van der Waals surface area (Å²) in [5.74, 6) is 0.510. The maximum Gasteiger partial charge on any atom is 0.232 e. The molecule has 4 nitrogen and oxygen atoms in total. The van der Waals surface area contributed by atoms with Crippen LogP contribution in [0.2, 0.25) is 0 Å². The second-order valence-electron chi connectivity index (χ2n) is 10.6. The van der Waals surface area contributed by atoms with Crippen LogP contribution in [0.1, 0.15) is 82.6 Å². The summed E-state index contributed by atoms with van der Waals surface area (Å²) in [6, 6.07) is 13.3. The molecule has 0 aliphatic heterocycles. The van der Waals surface area contributed by atoms with Crippen LogP contribution in [-0.4, -0.2) is 42.0 Å². The molecule has 3 aromatic rings. The molecule has 0 unspecified atom stereocenters. The quantitative estimate of drug-likeness (QED) is 0.291. The summed E-state index contributed by atoms with van der Waals surface area (Å²) in [5, 5.41) is 4.88. The van der Waals surface area contributed by atoms with Gasteiger partial charge in [0.05, 0.1) is 11.1 Å². The lowest BCUT2D eigenvalue weighted by Crippen LogP contribution is -2.43. The van der Waals surface area contributed by atoms with E-state index in [0.29, 0.717) is 5.92 Å². The number of carbonyl (C=O) groups is 1. The fourth-order valence-electron chi connectivity index (χ4n) is 5.21. The summed E-state index contributed by atoms with van der Waals surface area (Å²) in [5.41, 5.74) is 7.91. The minimum Gasteiger partial charge on any atom is -0.354 e. The molecule has 2 aromatic carbocycles. The third-order valence-electron chi connectivity index (χ3n) is 7.31. The van der Waals surface area contributed by atoms with Gasteiger partial charge in [-0.25, -0.2) is 0 Å². The van der Waals surface area contributed by atoms with Crippen molar-refractivity contribution in [1.82, 2.24) is 15.2 Å². The number of nitrogens with zero attached hydrogens (tertiary/aromatic N) is 1. The molecule has 0 radical (unpaired) electrons. The van der Waals surface area contributed by atoms with E-state index in [4.69, 9.17) is 0 Å². The first-order valence-corrected chi connectivity index (χ1v) is 13.4. The van der Waals surface area contributed by atoms with Gasteiger partial charge in [-0.2, -0.15) is 0 Å². The number of nitrogens with one attached hydrogen (secondary N) is 2. The monoisotopic (exact) mass is 475 g/mol. The lowest BCUT2D eigenvalue weighted by molar-refractivity contribution is -0.135. The van der Waals surface area contributed by atoms with Gasteiger partial charge in [-0.1, -0.05) is 43.5 Å². The molecule has 0 saturated heterocycles. The van der Waals surface area contributed by atoms with E-state index < -0.39 is 5.41 Å². The van der Waals surface area contributed by atoms with Crippen molar-refractivity contribution in [2.45, 2.75) is 79.6 Å². The molecule has 0 saturated carbocycles. The highest BCUT2D eigenvalue weighted by molar-refractivity contribution is 5.94. The third kappa shape index (κ3) is 5.81. The van der Waals surface area contributed by atoms with Crippen molar-refractivity contribution in [3.05, 3.63) is 58.7 Å². The van der Waals surface area contributed by atoms with Crippen molar-refractivity contribution in [2.75, 3.05) is 26.2 Å². The zero-order chi connectivity index (χ0) is 25.8. The number of likely N-dealkylation sites (N-methyl/N-ethyl adjacent to an activating group) is 1. The molecule has 0 fully saturated rings. The Kier molecular flexibility index (Phi) is 8.82. The van der Waals surface area contributed by atoms with Crippen LogP contribution in [0.5, 0.6) is 0 Å². The molecular weight excluding hydrogens is 430 g/mol. The van der Waals surface area contributed by atoms with Crippen molar-refractivity contribution in [3.63, 3.8) is 0 Å². The largest absolute Gasteiger partial charge is 0.354 e. The number of fused-ring (bicyclic) bond motifs is 1. The van der Waals surface area contributed by atoms with E-state index in [0.717, 1.165) is 37.3 Å². The van der Waals surface area contributed by atoms with Crippen molar-refractivity contribution in [3.8, 4) is 11.3 Å². The summed E-state index contributed by atoms with van der Waals surface area (Å²) in [7, 11) is 0. The molecule has 35 heavy (non-hydrogen) atoms. The van der Waals surface area contributed by atoms with E-state index >= 15 is 0 Å². The molecule has 0 bridgehead atoms. The maximum absolute atomic E-state index is 13.4. The number of amides is 1. The summed E-state index contributed by atoms with van der Waals surface area (Å²) in [6.07, 6.45) is 2.39. The first-order chi connectivity index (χ1) is 16.6. The van der Waals surface area contributed by atoms with Crippen LogP contribution >= 0.6 is 0 Å². The van der Waals surface area contributed by atoms with E-state index in [9.17, 15) is 4.79 Å². The number of aromatic amines is 1. The SMILES string of the molecule is CCCCNC[C@@H](C)c1c(-c2cc(C)cc(C)c2)[nH]c2ccc(C(C)(C)C(=O)N(CC)CC)cc12. The molecule has 190 valence electrons. The lowest BCUT2D eigenvalue weighted by Gasteiger charge is -2.31. The predicted molar refractivity (Wildman–Crippen MR) is 150 cm³/mol. The van der Waals surface area contributed by atoms with Crippen molar-refractivity contribution in [2.24, 2.45) is 0 Å². The van der Waals surface area contributed by atoms with E-state index in [2.05, 4.69) is 88.2 Å². The predicted octanol–water partition coefficient (Wildman–Crippen LogP) is 7.09. The second kappa shape index (κ2) is 11.4. The number of unbranched alkanes of at least 4 members (excludes halogenated alkanes) is 1. The molecule has 1 aromatic heterocycles. The van der Waals surface area contributed by atoms with Crippen LogP contribution in [0.15, 0.2) is 36.4 Å². The van der Waals surface area contributed by atoms with Crippen LogP contribution < -0.4 is 5.32 Å². The van der Waals surface area contributed by atoms with Gasteiger partial charge in [0.1, 0.15) is 0 Å². The van der Waals surface area contributed by atoms with Crippen LogP contribution in [0.4, 0.5) is 0 Å². The van der Waals surface area contributed by atoms with Gasteiger partial charge in [0.25, 0.3) is 0 Å². The fourth-order valence-corrected chi connectivity index (χ4v) is 5.21. The number of benzene rings is 2. The topological polar surface area (TPSA) is 48.1 Å². The van der Waals surface area contributed by atoms with Crippen molar-refractivity contribution >= 4 is 16.8 Å². The Bertz CT molecular complexity index is 1130. The van der Waals surface area contributed by atoms with Gasteiger partial charge < -0.3 is 15.2 Å². The Morgan fingerprint density at radius 1 is 1.03 bits per heavy atom. The highest BCUT2D eigenvalue weighted by atomic mass is 16.2. The Labute approximate surface area is 212 Å². The molecule has 0 spiro atoms. The number of carbonyl (C=O) groups excluding carboxylic acids is 1. The van der Waals surface area contributed by atoms with E-state index in [1.54, 1.807) is 0 Å². The first kappa shape index (κ1) is 27.0. The third-order valence-corrected chi connectivity index (χ3v) is 7.31. The summed E-state index contributed by atoms with van der Waals surface area (Å²) >= 11 is 0. The number of aryl methyl sites for hydroxylation is 2. The molecule has 1 amide bonds. The lowest BCUT2D eigenvalue weighted by atomic mass is 9.81. The number of H-pyrrole nitrogens is 1. The van der Waals surface area contributed by atoms with Crippen LogP contribution in [0, 0.1) is 13.8 Å². The van der Waals surface area contributed by atoms with Gasteiger partial charge in [-0.3, -0.25) is 4.79 Å². The minimum atomic E-state index is -0.586. The fraction of sp³-hybridized carbons (Fsp3) is 0.516. The summed E-state index contributed by atoms with van der Waals surface area (Å²) in [6.45, 7) is 20.5. The summed E-state index contributed by atoms with van der Waals surface area (Å²) < 4.78 is 0. The van der Waals surface area contributed by atoms with Gasteiger partial charge in [0.15, 0.2) is 0 Å². The molecule has 0 aliphatic carbocycles. The molecule has 4 heteroatoms. The van der Waals surface area contributed by atoms with Crippen molar-refractivity contribution < 1.29 is 4.79 Å². The number of aromatic nitrogens is 1. The molecular formula is C31H45N3O. The van der Waals surface area contributed by atoms with Gasteiger partial charge in [-0.15, -0.1) is 0 Å². The van der Waals surface area contributed by atoms with Gasteiger partial charge in [0.2, 0.25) is 5.91 Å². The Morgan fingerprint density at radius 3 is 2.29 bits per heavy atom. The van der Waals surface area contributed by atoms with Gasteiger partial charge in [0, 0.05) is 30.5 Å². The van der Waals surface area contributed by atoms with E-state index in [1.807, 2.05) is 18.7 Å². The first-order valence-electron chi connectivity index (χ1n) is 13.4. The zero-order valence-corrected chi connectivity index (χ0v) is 23.1. The zero-order valence-electron chi connectivity index (χ0n) is 23.1. The standard InChI is InChI=1S/C31H45N3O/c1-9-12-15-32-20-23(6)28-26-19-25(31(7,8)30(35)34(10-2)11-3)13-14-27(26)33-29(28)24-17-21(4)16-22(5)18-24/h13-14,16-19,23,32-33H,9-12,15,20H2,1-8H3/t23-/m1/s1. The minimum absolute atomic E-state index is 0.183. The normalized spacial score (nSPS) is 12.8. The molecule has 0 aliphatic rings. The molecule has 3 rings (SSSR count). The van der Waals surface area contributed by atoms with Gasteiger partial charge in [-0.05, 0) is 101 Å². The number of rotatable bonds is 11. The maximum atomic E-state index is 13.4. The highest BCUT2D eigenvalue weighted by Crippen LogP contribution is 2.38. The van der Waals surface area contributed by atoms with Crippen molar-refractivity contribution in [1.29, 1.82) is 0 Å². The van der Waals surface area contributed by atoms with Crippen LogP contribution in [0.25, 0.3) is 22.2 Å². The van der Waals surface area contributed by atoms with E-state index in [-0.39, 0.29) is 5.91 Å². The smallest absolute Gasteiger partial charge is 0.232 e. The molecule has 1 atom stereocenters. The van der Waals surface area contributed by atoms with Gasteiger partial charge >= 0.3 is 0 Å². The molecule has 2 N–H and O–H groups in total. The Balaban J connectivity index is 2.14. The van der Waals surface area contributed by atoms with Crippen LogP contribution in [0.3, 0.4) is 0 Å². The molecule has 1 heterocycles. The highest BCUT2D eigenvalue weighted by Gasteiger charge is 2.33.